The largest absolute Gasteiger partial charge is 0.381 e. The quantitative estimate of drug-likeness (QED) is 0.411. The summed E-state index contributed by atoms with van der Waals surface area (Å²) >= 11 is 0. The van der Waals surface area contributed by atoms with Gasteiger partial charge in [0.1, 0.15) is 5.82 Å². The molecule has 5 aromatic rings. The summed E-state index contributed by atoms with van der Waals surface area (Å²) in [5.41, 5.74) is 6.60. The number of aromatic nitrogens is 3. The molecule has 0 aliphatic heterocycles. The van der Waals surface area contributed by atoms with Crippen molar-refractivity contribution in [3.05, 3.63) is 94.3 Å². The third-order valence-corrected chi connectivity index (χ3v) is 5.11. The number of benzene rings is 3. The van der Waals surface area contributed by atoms with Crippen LogP contribution >= 0.6 is 0 Å². The molecule has 2 aromatic heterocycles. The van der Waals surface area contributed by atoms with Gasteiger partial charge in [-0.05, 0) is 66.4 Å². The molecule has 5 rings (SSSR count). The van der Waals surface area contributed by atoms with Gasteiger partial charge in [0, 0.05) is 28.9 Å². The first kappa shape index (κ1) is 17.3. The lowest BCUT2D eigenvalue weighted by Crippen LogP contribution is -2.15. The maximum Gasteiger partial charge on any atom is 0.253 e. The van der Waals surface area contributed by atoms with E-state index in [0.29, 0.717) is 12.1 Å². The number of nitrogens with one attached hydrogen (secondary N) is 3. The van der Waals surface area contributed by atoms with E-state index in [1.165, 1.54) is 0 Å². The van der Waals surface area contributed by atoms with Crippen LogP contribution in [0.15, 0.2) is 77.6 Å². The Labute approximate surface area is 167 Å². The van der Waals surface area contributed by atoms with E-state index in [1.807, 2.05) is 73.7 Å². The molecule has 0 aliphatic carbocycles. The number of aromatic amines is 2. The van der Waals surface area contributed by atoms with Crippen LogP contribution in [0.4, 0.5) is 5.69 Å². The average Bonchev–Trinajstić information content (AvgIpc) is 3.17. The Morgan fingerprint density at radius 2 is 1.72 bits per heavy atom. The number of aryl methyl sites for hydroxylation is 1. The van der Waals surface area contributed by atoms with Crippen molar-refractivity contribution < 1.29 is 0 Å². The molecule has 0 aliphatic rings. The molecule has 142 valence electrons. The maximum atomic E-state index is 12.4. The van der Waals surface area contributed by atoms with Crippen molar-refractivity contribution in [1.82, 2.24) is 15.0 Å². The zero-order valence-electron chi connectivity index (χ0n) is 16.0. The minimum atomic E-state index is -0.0607. The van der Waals surface area contributed by atoms with E-state index in [-0.39, 0.29) is 5.56 Å². The predicted molar refractivity (Wildman–Crippen MR) is 118 cm³/mol. The minimum Gasteiger partial charge on any atom is -0.381 e. The molecular formula is C24H20N4O. The van der Waals surface area contributed by atoms with Crippen LogP contribution < -0.4 is 10.9 Å². The Hall–Kier alpha value is -3.86. The van der Waals surface area contributed by atoms with Crippen LogP contribution in [0, 0.1) is 6.92 Å². The van der Waals surface area contributed by atoms with E-state index in [9.17, 15) is 4.79 Å². The predicted octanol–water partition coefficient (Wildman–Crippen LogP) is 4.99. The lowest BCUT2D eigenvalue weighted by Gasteiger charge is -2.08. The highest BCUT2D eigenvalue weighted by Crippen LogP contribution is 2.22. The first-order chi connectivity index (χ1) is 14.2. The molecule has 0 amide bonds. The van der Waals surface area contributed by atoms with Gasteiger partial charge in [0.25, 0.3) is 5.56 Å². The topological polar surface area (TPSA) is 73.6 Å². The second kappa shape index (κ2) is 6.95. The summed E-state index contributed by atoms with van der Waals surface area (Å²) in [6, 6.07) is 24.1. The van der Waals surface area contributed by atoms with Gasteiger partial charge in [0.05, 0.1) is 11.0 Å². The van der Waals surface area contributed by atoms with Crippen molar-refractivity contribution in [3.8, 4) is 11.4 Å². The number of nitrogens with zero attached hydrogens (tertiary/aromatic N) is 1. The smallest absolute Gasteiger partial charge is 0.253 e. The standard InChI is InChI=1S/C24H20N4O/c1-15-6-7-17-13-18(24(29)28-22(17)12-15)14-25-19-10-8-16(9-11-19)23-26-20-4-2-3-5-21(20)27-23/h2-13,25H,14H2,1H3,(H,26,27)(H,28,29). The molecule has 3 N–H and O–H groups in total. The number of hydrogen-bond acceptors (Lipinski definition) is 3. The highest BCUT2D eigenvalue weighted by atomic mass is 16.1. The highest BCUT2D eigenvalue weighted by Gasteiger charge is 2.06. The van der Waals surface area contributed by atoms with Crippen molar-refractivity contribution in [3.63, 3.8) is 0 Å². The number of fused-ring (bicyclic) bond motifs is 2. The van der Waals surface area contributed by atoms with Crippen LogP contribution in [0.2, 0.25) is 0 Å². The molecule has 29 heavy (non-hydrogen) atoms. The fraction of sp³-hybridized carbons (Fsp3) is 0.0833. The van der Waals surface area contributed by atoms with Gasteiger partial charge in [-0.2, -0.15) is 0 Å². The summed E-state index contributed by atoms with van der Waals surface area (Å²) < 4.78 is 0. The van der Waals surface area contributed by atoms with Crippen LogP contribution in [0.1, 0.15) is 11.1 Å². The number of H-pyrrole nitrogens is 2. The molecule has 5 heteroatoms. The van der Waals surface area contributed by atoms with Crippen LogP contribution in [-0.2, 0) is 6.54 Å². The number of imidazole rings is 1. The number of pyridine rings is 1. The Kier molecular flexibility index (Phi) is 4.13. The van der Waals surface area contributed by atoms with Crippen molar-refractivity contribution in [2.45, 2.75) is 13.5 Å². The number of para-hydroxylation sites is 2. The third-order valence-electron chi connectivity index (χ3n) is 5.11. The molecule has 0 bridgehead atoms. The summed E-state index contributed by atoms with van der Waals surface area (Å²) in [4.78, 5) is 23.3. The normalized spacial score (nSPS) is 11.2. The molecular weight excluding hydrogens is 360 g/mol. The van der Waals surface area contributed by atoms with Crippen LogP contribution in [-0.4, -0.2) is 15.0 Å². The van der Waals surface area contributed by atoms with E-state index >= 15 is 0 Å². The third kappa shape index (κ3) is 3.38. The van der Waals surface area contributed by atoms with E-state index < -0.39 is 0 Å². The van der Waals surface area contributed by atoms with Gasteiger partial charge in [-0.1, -0.05) is 24.3 Å². The summed E-state index contributed by atoms with van der Waals surface area (Å²) in [5.74, 6) is 0.846. The minimum absolute atomic E-state index is 0.0607. The van der Waals surface area contributed by atoms with Crippen molar-refractivity contribution in [2.24, 2.45) is 0 Å². The molecule has 3 aromatic carbocycles. The second-order valence-corrected chi connectivity index (χ2v) is 7.25. The first-order valence-corrected chi connectivity index (χ1v) is 9.57. The zero-order valence-corrected chi connectivity index (χ0v) is 16.0. The van der Waals surface area contributed by atoms with Crippen LogP contribution in [0.5, 0.6) is 0 Å². The molecule has 5 nitrogen and oxygen atoms in total. The average molecular weight is 380 g/mol. The molecule has 0 atom stereocenters. The highest BCUT2D eigenvalue weighted by molar-refractivity contribution is 5.80. The Morgan fingerprint density at radius 1 is 0.897 bits per heavy atom. The number of hydrogen-bond donors (Lipinski definition) is 3. The lowest BCUT2D eigenvalue weighted by atomic mass is 10.1. The van der Waals surface area contributed by atoms with Crippen molar-refractivity contribution >= 4 is 27.6 Å². The summed E-state index contributed by atoms with van der Waals surface area (Å²) in [6.45, 7) is 2.48. The SMILES string of the molecule is Cc1ccc2cc(CNc3ccc(-c4nc5ccccc5[nH]4)cc3)c(=O)[nH]c2c1. The van der Waals surface area contributed by atoms with Gasteiger partial charge in [-0.25, -0.2) is 4.98 Å². The molecule has 0 saturated carbocycles. The van der Waals surface area contributed by atoms with Gasteiger partial charge in [0.15, 0.2) is 0 Å². The number of rotatable bonds is 4. The molecule has 0 saturated heterocycles. The summed E-state index contributed by atoms with van der Waals surface area (Å²) in [6.07, 6.45) is 0. The van der Waals surface area contributed by atoms with Crippen LogP contribution in [0.25, 0.3) is 33.3 Å². The van der Waals surface area contributed by atoms with E-state index in [0.717, 1.165) is 44.6 Å². The molecule has 0 unspecified atom stereocenters. The fourth-order valence-electron chi connectivity index (χ4n) is 3.52. The Balaban J connectivity index is 1.35. The van der Waals surface area contributed by atoms with E-state index in [2.05, 4.69) is 26.3 Å². The summed E-state index contributed by atoms with van der Waals surface area (Å²) in [7, 11) is 0. The second-order valence-electron chi connectivity index (χ2n) is 7.25. The molecule has 0 spiro atoms. The van der Waals surface area contributed by atoms with Crippen molar-refractivity contribution in [1.29, 1.82) is 0 Å². The monoisotopic (exact) mass is 380 g/mol. The van der Waals surface area contributed by atoms with Gasteiger partial charge in [-0.3, -0.25) is 4.79 Å². The Morgan fingerprint density at radius 3 is 2.55 bits per heavy atom. The molecule has 0 fully saturated rings. The van der Waals surface area contributed by atoms with Gasteiger partial charge in [-0.15, -0.1) is 0 Å². The van der Waals surface area contributed by atoms with Gasteiger partial charge in [0.2, 0.25) is 0 Å². The van der Waals surface area contributed by atoms with Crippen molar-refractivity contribution in [2.75, 3.05) is 5.32 Å². The molecule has 2 heterocycles. The number of anilines is 1. The fourth-order valence-corrected chi connectivity index (χ4v) is 3.52. The summed E-state index contributed by atoms with van der Waals surface area (Å²) in [5, 5.41) is 4.37. The van der Waals surface area contributed by atoms with Gasteiger partial charge >= 0.3 is 0 Å². The van der Waals surface area contributed by atoms with E-state index in [1.54, 1.807) is 0 Å². The lowest BCUT2D eigenvalue weighted by molar-refractivity contribution is 1.09. The van der Waals surface area contributed by atoms with Crippen LogP contribution in [0.3, 0.4) is 0 Å². The molecule has 0 radical (unpaired) electrons. The van der Waals surface area contributed by atoms with E-state index in [4.69, 9.17) is 0 Å². The maximum absolute atomic E-state index is 12.4. The van der Waals surface area contributed by atoms with Gasteiger partial charge < -0.3 is 15.3 Å². The zero-order chi connectivity index (χ0) is 19.8. The Bertz CT molecular complexity index is 1350. The first-order valence-electron chi connectivity index (χ1n) is 9.57.